The van der Waals surface area contributed by atoms with E-state index >= 15 is 0 Å². The van der Waals surface area contributed by atoms with E-state index in [0.717, 1.165) is 23.2 Å². The predicted molar refractivity (Wildman–Crippen MR) is 73.4 cm³/mol. The van der Waals surface area contributed by atoms with E-state index < -0.39 is 0 Å². The Hall–Kier alpha value is -1.61. The van der Waals surface area contributed by atoms with Crippen LogP contribution in [0.1, 0.15) is 31.9 Å². The summed E-state index contributed by atoms with van der Waals surface area (Å²) in [5.74, 6) is 0. The lowest BCUT2D eigenvalue weighted by Gasteiger charge is -2.18. The molecule has 1 aromatic carbocycles. The first-order valence-electron chi connectivity index (χ1n) is 6.26. The summed E-state index contributed by atoms with van der Waals surface area (Å²) in [6.07, 6.45) is 2.47. The number of nitrogens with zero attached hydrogens (tertiary/aromatic N) is 1. The second-order valence-electron chi connectivity index (χ2n) is 5.55. The van der Waals surface area contributed by atoms with Crippen LogP contribution in [0.25, 0.3) is 11.3 Å². The van der Waals surface area contributed by atoms with Gasteiger partial charge in [-0.05, 0) is 23.9 Å². The third-order valence-corrected chi connectivity index (χ3v) is 3.08. The van der Waals surface area contributed by atoms with Crippen molar-refractivity contribution in [2.45, 2.75) is 32.6 Å². The molecular weight excluding hydrogens is 224 g/mol. The molecule has 2 N–H and O–H groups in total. The fraction of sp³-hybridized carbons (Fsp3) is 0.400. The fourth-order valence-electron chi connectivity index (χ4n) is 1.96. The lowest BCUT2D eigenvalue weighted by Crippen LogP contribution is -2.10. The van der Waals surface area contributed by atoms with Gasteiger partial charge < -0.3 is 10.3 Å². The SMILES string of the molecule is CC(C)(C)c1ccc(-c2nocc2CCN)cc1. The van der Waals surface area contributed by atoms with Crippen LogP contribution >= 0.6 is 0 Å². The third kappa shape index (κ3) is 2.62. The largest absolute Gasteiger partial charge is 0.364 e. The Morgan fingerprint density at radius 3 is 2.39 bits per heavy atom. The van der Waals surface area contributed by atoms with E-state index in [0.29, 0.717) is 6.54 Å². The van der Waals surface area contributed by atoms with Crippen molar-refractivity contribution in [1.82, 2.24) is 5.16 Å². The van der Waals surface area contributed by atoms with Crippen LogP contribution in [-0.4, -0.2) is 11.7 Å². The highest BCUT2D eigenvalue weighted by Gasteiger charge is 2.14. The van der Waals surface area contributed by atoms with Gasteiger partial charge in [0, 0.05) is 11.1 Å². The second kappa shape index (κ2) is 4.94. The van der Waals surface area contributed by atoms with Gasteiger partial charge in [-0.15, -0.1) is 0 Å². The lowest BCUT2D eigenvalue weighted by atomic mass is 9.86. The Morgan fingerprint density at radius 1 is 1.17 bits per heavy atom. The summed E-state index contributed by atoms with van der Waals surface area (Å²) in [5, 5.41) is 4.07. The highest BCUT2D eigenvalue weighted by Crippen LogP contribution is 2.27. The van der Waals surface area contributed by atoms with E-state index in [9.17, 15) is 0 Å². The number of rotatable bonds is 3. The van der Waals surface area contributed by atoms with Crippen molar-refractivity contribution in [3.63, 3.8) is 0 Å². The summed E-state index contributed by atoms with van der Waals surface area (Å²) in [6.45, 7) is 7.22. The van der Waals surface area contributed by atoms with Crippen molar-refractivity contribution < 1.29 is 4.52 Å². The summed E-state index contributed by atoms with van der Waals surface area (Å²) < 4.78 is 5.04. The second-order valence-corrected chi connectivity index (χ2v) is 5.55. The molecule has 0 radical (unpaired) electrons. The van der Waals surface area contributed by atoms with Gasteiger partial charge in [0.05, 0.1) is 0 Å². The topological polar surface area (TPSA) is 52.0 Å². The van der Waals surface area contributed by atoms with Gasteiger partial charge in [-0.3, -0.25) is 0 Å². The van der Waals surface area contributed by atoms with Crippen molar-refractivity contribution in [3.8, 4) is 11.3 Å². The van der Waals surface area contributed by atoms with Gasteiger partial charge in [0.15, 0.2) is 0 Å². The Balaban J connectivity index is 2.32. The van der Waals surface area contributed by atoms with Gasteiger partial charge in [0.1, 0.15) is 12.0 Å². The van der Waals surface area contributed by atoms with E-state index in [1.54, 1.807) is 6.26 Å². The number of nitrogens with two attached hydrogens (primary N) is 1. The first-order valence-corrected chi connectivity index (χ1v) is 6.26. The van der Waals surface area contributed by atoms with Crippen molar-refractivity contribution in [2.75, 3.05) is 6.54 Å². The number of hydrogen-bond donors (Lipinski definition) is 1. The fourth-order valence-corrected chi connectivity index (χ4v) is 1.96. The molecule has 0 aliphatic carbocycles. The number of hydrogen-bond acceptors (Lipinski definition) is 3. The molecule has 3 heteroatoms. The monoisotopic (exact) mass is 244 g/mol. The van der Waals surface area contributed by atoms with Crippen LogP contribution in [0, 0.1) is 0 Å². The lowest BCUT2D eigenvalue weighted by molar-refractivity contribution is 0.421. The van der Waals surface area contributed by atoms with Crippen LogP contribution in [0.15, 0.2) is 35.1 Å². The van der Waals surface area contributed by atoms with E-state index in [1.165, 1.54) is 5.56 Å². The maximum Gasteiger partial charge on any atom is 0.127 e. The number of benzene rings is 1. The Labute approximate surface area is 108 Å². The first-order chi connectivity index (χ1) is 8.52. The van der Waals surface area contributed by atoms with Gasteiger partial charge in [0.2, 0.25) is 0 Å². The van der Waals surface area contributed by atoms with Crippen molar-refractivity contribution >= 4 is 0 Å². The number of aromatic nitrogens is 1. The van der Waals surface area contributed by atoms with Gasteiger partial charge in [0.25, 0.3) is 0 Å². The smallest absolute Gasteiger partial charge is 0.127 e. The van der Waals surface area contributed by atoms with Crippen molar-refractivity contribution in [3.05, 3.63) is 41.7 Å². The third-order valence-electron chi connectivity index (χ3n) is 3.08. The minimum Gasteiger partial charge on any atom is -0.364 e. The molecule has 0 unspecified atom stereocenters. The Bertz CT molecular complexity index is 506. The molecule has 2 rings (SSSR count). The maximum atomic E-state index is 5.58. The molecule has 0 aliphatic heterocycles. The molecule has 0 saturated carbocycles. The van der Waals surface area contributed by atoms with E-state index in [-0.39, 0.29) is 5.41 Å². The summed E-state index contributed by atoms with van der Waals surface area (Å²) in [4.78, 5) is 0. The first kappa shape index (κ1) is 12.8. The molecule has 18 heavy (non-hydrogen) atoms. The molecule has 0 saturated heterocycles. The molecule has 0 fully saturated rings. The molecule has 0 aliphatic rings. The quantitative estimate of drug-likeness (QED) is 0.902. The van der Waals surface area contributed by atoms with Crippen LogP contribution in [0.4, 0.5) is 0 Å². The van der Waals surface area contributed by atoms with Crippen LogP contribution in [0.3, 0.4) is 0 Å². The van der Waals surface area contributed by atoms with Gasteiger partial charge in [-0.2, -0.15) is 0 Å². The summed E-state index contributed by atoms with van der Waals surface area (Å²) in [7, 11) is 0. The van der Waals surface area contributed by atoms with Gasteiger partial charge in [-0.1, -0.05) is 50.2 Å². The molecule has 0 spiro atoms. The van der Waals surface area contributed by atoms with Crippen LogP contribution < -0.4 is 5.73 Å². The minimum atomic E-state index is 0.169. The molecule has 0 amide bonds. The Morgan fingerprint density at radius 2 is 1.83 bits per heavy atom. The van der Waals surface area contributed by atoms with Crippen molar-refractivity contribution in [2.24, 2.45) is 5.73 Å². The predicted octanol–water partition coefficient (Wildman–Crippen LogP) is 3.14. The highest BCUT2D eigenvalue weighted by atomic mass is 16.5. The van der Waals surface area contributed by atoms with E-state index in [4.69, 9.17) is 10.3 Å². The normalized spacial score (nSPS) is 11.8. The highest BCUT2D eigenvalue weighted by molar-refractivity contribution is 5.62. The van der Waals surface area contributed by atoms with Crippen LogP contribution in [0.2, 0.25) is 0 Å². The van der Waals surface area contributed by atoms with Crippen molar-refractivity contribution in [1.29, 1.82) is 0 Å². The zero-order valence-corrected chi connectivity index (χ0v) is 11.2. The molecule has 2 aromatic rings. The zero-order valence-electron chi connectivity index (χ0n) is 11.2. The van der Waals surface area contributed by atoms with Gasteiger partial charge >= 0.3 is 0 Å². The minimum absolute atomic E-state index is 0.169. The van der Waals surface area contributed by atoms with Crippen LogP contribution in [0.5, 0.6) is 0 Å². The summed E-state index contributed by atoms with van der Waals surface area (Å²) in [6, 6.07) is 8.49. The molecular formula is C15H20N2O. The summed E-state index contributed by atoms with van der Waals surface area (Å²) in [5.41, 5.74) is 10.1. The van der Waals surface area contributed by atoms with Gasteiger partial charge in [-0.25, -0.2) is 0 Å². The molecule has 96 valence electrons. The molecule has 0 bridgehead atoms. The average molecular weight is 244 g/mol. The van der Waals surface area contributed by atoms with E-state index in [2.05, 4.69) is 50.2 Å². The molecule has 1 aromatic heterocycles. The maximum absolute atomic E-state index is 5.58. The molecule has 0 atom stereocenters. The van der Waals surface area contributed by atoms with Crippen LogP contribution in [-0.2, 0) is 11.8 Å². The zero-order chi connectivity index (χ0) is 13.2. The average Bonchev–Trinajstić information content (AvgIpc) is 2.77. The summed E-state index contributed by atoms with van der Waals surface area (Å²) >= 11 is 0. The Kier molecular flexibility index (Phi) is 3.53. The molecule has 3 nitrogen and oxygen atoms in total. The molecule has 1 heterocycles. The van der Waals surface area contributed by atoms with E-state index in [1.807, 2.05) is 0 Å². The standard InChI is InChI=1S/C15H20N2O/c1-15(2,3)13-6-4-11(5-7-13)14-12(8-9-16)10-18-17-14/h4-7,10H,8-9,16H2,1-3H3.